The summed E-state index contributed by atoms with van der Waals surface area (Å²) in [6.45, 7) is 1.98. The third-order valence-corrected chi connectivity index (χ3v) is 7.04. The van der Waals surface area contributed by atoms with E-state index >= 15 is 0 Å². The second-order valence-electron chi connectivity index (χ2n) is 7.87. The van der Waals surface area contributed by atoms with E-state index in [-0.39, 0.29) is 11.8 Å². The van der Waals surface area contributed by atoms with Crippen molar-refractivity contribution < 1.29 is 9.59 Å². The first-order valence-corrected chi connectivity index (χ1v) is 12.5. The Morgan fingerprint density at radius 1 is 0.800 bits per heavy atom. The van der Waals surface area contributed by atoms with E-state index in [2.05, 4.69) is 10.6 Å². The van der Waals surface area contributed by atoms with Gasteiger partial charge in [-0.1, -0.05) is 71.2 Å². The molecule has 1 atom stereocenters. The van der Waals surface area contributed by atoms with Gasteiger partial charge < -0.3 is 10.6 Å². The molecule has 2 N–H and O–H groups in total. The molecule has 0 aliphatic rings. The molecule has 1 unspecified atom stereocenters. The van der Waals surface area contributed by atoms with Crippen molar-refractivity contribution in [2.24, 2.45) is 0 Å². The number of carbonyl (C=O) groups is 2. The van der Waals surface area contributed by atoms with E-state index in [1.807, 2.05) is 73.7 Å². The maximum Gasteiger partial charge on any atom is 0.255 e. The second-order valence-corrected chi connectivity index (χ2v) is 9.89. The summed E-state index contributed by atoms with van der Waals surface area (Å²) in [6.07, 6.45) is 0. The maximum absolute atomic E-state index is 13.3. The van der Waals surface area contributed by atoms with Gasteiger partial charge in [0.15, 0.2) is 0 Å². The van der Waals surface area contributed by atoms with Gasteiger partial charge in [0.25, 0.3) is 5.91 Å². The summed E-state index contributed by atoms with van der Waals surface area (Å²) in [5.74, 6) is -0.396. The van der Waals surface area contributed by atoms with Crippen LogP contribution >= 0.6 is 35.0 Å². The van der Waals surface area contributed by atoms with Crippen molar-refractivity contribution in [2.75, 3.05) is 10.6 Å². The third-order valence-electron chi connectivity index (χ3n) is 5.21. The van der Waals surface area contributed by atoms with Crippen LogP contribution in [-0.2, 0) is 4.79 Å². The van der Waals surface area contributed by atoms with Crippen molar-refractivity contribution in [3.8, 4) is 0 Å². The fraction of sp³-hybridized carbons (Fsp3) is 0.0714. The zero-order valence-corrected chi connectivity index (χ0v) is 21.1. The molecular formula is C28H22Cl2N2O2S. The lowest BCUT2D eigenvalue weighted by Gasteiger charge is -2.18. The number of amides is 2. The van der Waals surface area contributed by atoms with Crippen LogP contribution in [0.4, 0.5) is 11.4 Å². The molecule has 176 valence electrons. The molecule has 0 bridgehead atoms. The van der Waals surface area contributed by atoms with E-state index in [1.54, 1.807) is 30.3 Å². The highest BCUT2D eigenvalue weighted by atomic mass is 35.5. The average molecular weight is 521 g/mol. The van der Waals surface area contributed by atoms with Gasteiger partial charge in [0.05, 0.1) is 10.7 Å². The zero-order chi connectivity index (χ0) is 24.8. The molecule has 2 amide bonds. The first-order valence-electron chi connectivity index (χ1n) is 10.8. The van der Waals surface area contributed by atoms with Gasteiger partial charge in [-0.25, -0.2) is 0 Å². The van der Waals surface area contributed by atoms with E-state index in [1.165, 1.54) is 11.8 Å². The summed E-state index contributed by atoms with van der Waals surface area (Å²) < 4.78 is 0. The van der Waals surface area contributed by atoms with Gasteiger partial charge in [-0.3, -0.25) is 9.59 Å². The number of anilines is 2. The van der Waals surface area contributed by atoms with E-state index in [0.717, 1.165) is 16.0 Å². The highest BCUT2D eigenvalue weighted by molar-refractivity contribution is 8.00. The van der Waals surface area contributed by atoms with Gasteiger partial charge in [0.2, 0.25) is 5.91 Å². The fourth-order valence-electron chi connectivity index (χ4n) is 3.35. The second kappa shape index (κ2) is 11.5. The number of thioether (sulfide) groups is 1. The Morgan fingerprint density at radius 2 is 1.49 bits per heavy atom. The lowest BCUT2D eigenvalue weighted by molar-refractivity contribution is -0.115. The number of benzene rings is 4. The summed E-state index contributed by atoms with van der Waals surface area (Å²) in [6, 6.07) is 29.3. The number of hydrogen-bond donors (Lipinski definition) is 2. The van der Waals surface area contributed by atoms with Crippen LogP contribution < -0.4 is 10.6 Å². The molecule has 0 spiro atoms. The SMILES string of the molecule is Cc1ccc(C(=O)Nc2ccc(SC(C(=O)Nc3cc(Cl)ccc3Cl)c3ccccc3)cc2)cc1. The number of nitrogens with one attached hydrogen (secondary N) is 2. The molecule has 0 aliphatic heterocycles. The lowest BCUT2D eigenvalue weighted by atomic mass is 10.1. The van der Waals surface area contributed by atoms with Crippen molar-refractivity contribution in [3.63, 3.8) is 0 Å². The molecule has 4 aromatic rings. The Hall–Kier alpha value is -3.25. The summed E-state index contributed by atoms with van der Waals surface area (Å²) in [5.41, 5.74) is 3.67. The van der Waals surface area contributed by atoms with Crippen molar-refractivity contribution in [3.05, 3.63) is 124 Å². The van der Waals surface area contributed by atoms with Crippen molar-refractivity contribution in [2.45, 2.75) is 17.1 Å². The average Bonchev–Trinajstić information content (AvgIpc) is 2.86. The predicted molar refractivity (Wildman–Crippen MR) is 146 cm³/mol. The van der Waals surface area contributed by atoms with Crippen LogP contribution in [0.2, 0.25) is 10.0 Å². The third kappa shape index (κ3) is 6.67. The van der Waals surface area contributed by atoms with Gasteiger partial charge in [0, 0.05) is 21.2 Å². The van der Waals surface area contributed by atoms with Crippen molar-refractivity contribution in [1.82, 2.24) is 0 Å². The van der Waals surface area contributed by atoms with Gasteiger partial charge in [-0.2, -0.15) is 0 Å². The highest BCUT2D eigenvalue weighted by Crippen LogP contribution is 2.37. The number of rotatable bonds is 7. The molecule has 35 heavy (non-hydrogen) atoms. The normalized spacial score (nSPS) is 11.5. The molecule has 4 nitrogen and oxygen atoms in total. The maximum atomic E-state index is 13.3. The Balaban J connectivity index is 1.50. The number of carbonyl (C=O) groups excluding carboxylic acids is 2. The van der Waals surface area contributed by atoms with Crippen LogP contribution in [0.5, 0.6) is 0 Å². The van der Waals surface area contributed by atoms with Crippen LogP contribution in [0, 0.1) is 6.92 Å². The number of halogens is 2. The van der Waals surface area contributed by atoms with Crippen molar-refractivity contribution in [1.29, 1.82) is 0 Å². The minimum atomic E-state index is -0.528. The van der Waals surface area contributed by atoms with E-state index in [4.69, 9.17) is 23.2 Å². The standard InChI is InChI=1S/C28H22Cl2N2O2S/c1-18-7-9-20(10-8-18)27(33)31-22-12-14-23(15-13-22)35-26(19-5-3-2-4-6-19)28(34)32-25-17-21(29)11-16-24(25)30/h2-17,26H,1H3,(H,31,33)(H,32,34). The van der Waals surface area contributed by atoms with Gasteiger partial charge in [0.1, 0.15) is 5.25 Å². The molecule has 4 rings (SSSR count). The fourth-order valence-corrected chi connectivity index (χ4v) is 4.71. The van der Waals surface area contributed by atoms with E-state index in [9.17, 15) is 9.59 Å². The summed E-state index contributed by atoms with van der Waals surface area (Å²) in [7, 11) is 0. The molecule has 0 fully saturated rings. The first-order chi connectivity index (χ1) is 16.9. The Kier molecular flexibility index (Phi) is 8.13. The summed E-state index contributed by atoms with van der Waals surface area (Å²) in [4.78, 5) is 26.7. The molecule has 0 saturated carbocycles. The zero-order valence-electron chi connectivity index (χ0n) is 18.8. The summed E-state index contributed by atoms with van der Waals surface area (Å²) in [5, 5.41) is 6.16. The molecule has 4 aromatic carbocycles. The molecule has 0 aromatic heterocycles. The van der Waals surface area contributed by atoms with Gasteiger partial charge in [-0.15, -0.1) is 11.8 Å². The predicted octanol–water partition coefficient (Wildman–Crippen LogP) is 8.03. The number of hydrogen-bond acceptors (Lipinski definition) is 3. The minimum absolute atomic E-state index is 0.176. The largest absolute Gasteiger partial charge is 0.323 e. The number of aryl methyl sites for hydroxylation is 1. The van der Waals surface area contributed by atoms with Crippen LogP contribution in [-0.4, -0.2) is 11.8 Å². The van der Waals surface area contributed by atoms with Crippen LogP contribution in [0.15, 0.2) is 102 Å². The smallest absolute Gasteiger partial charge is 0.255 e. The molecule has 0 saturated heterocycles. The minimum Gasteiger partial charge on any atom is -0.323 e. The monoisotopic (exact) mass is 520 g/mol. The van der Waals surface area contributed by atoms with E-state index < -0.39 is 5.25 Å². The van der Waals surface area contributed by atoms with Gasteiger partial charge in [-0.05, 0) is 67.1 Å². The molecular weight excluding hydrogens is 499 g/mol. The molecule has 0 aliphatic carbocycles. The molecule has 0 heterocycles. The highest BCUT2D eigenvalue weighted by Gasteiger charge is 2.23. The van der Waals surface area contributed by atoms with Crippen molar-refractivity contribution >= 4 is 58.2 Å². The Bertz CT molecular complexity index is 1330. The van der Waals surface area contributed by atoms with E-state index in [0.29, 0.717) is 27.0 Å². The molecule has 7 heteroatoms. The topological polar surface area (TPSA) is 58.2 Å². The molecule has 0 radical (unpaired) electrons. The Morgan fingerprint density at radius 3 is 2.17 bits per heavy atom. The van der Waals surface area contributed by atoms with Gasteiger partial charge >= 0.3 is 0 Å². The van der Waals surface area contributed by atoms with Crippen LogP contribution in [0.25, 0.3) is 0 Å². The first kappa shape index (κ1) is 24.9. The van der Waals surface area contributed by atoms with Crippen LogP contribution in [0.3, 0.4) is 0 Å². The Labute approximate surface area is 218 Å². The van der Waals surface area contributed by atoms with Crippen LogP contribution in [0.1, 0.15) is 26.7 Å². The lowest BCUT2D eigenvalue weighted by Crippen LogP contribution is -2.19. The quantitative estimate of drug-likeness (QED) is 0.242. The summed E-state index contributed by atoms with van der Waals surface area (Å²) >= 11 is 13.7.